The van der Waals surface area contributed by atoms with E-state index in [9.17, 15) is 0 Å². The molecule has 4 heterocycles. The van der Waals surface area contributed by atoms with Gasteiger partial charge in [-0.05, 0) is 84.6 Å². The Bertz CT molecular complexity index is 2410. The van der Waals surface area contributed by atoms with Gasteiger partial charge in [0.1, 0.15) is 0 Å². The smallest absolute Gasteiger partial charge is 0.216 e. The Morgan fingerprint density at radius 3 is 2.14 bits per heavy atom. The molecule has 0 aliphatic heterocycles. The van der Waals surface area contributed by atoms with Gasteiger partial charge >= 0.3 is 0 Å². The summed E-state index contributed by atoms with van der Waals surface area (Å²) in [5, 5.41) is 2.06. The van der Waals surface area contributed by atoms with Crippen LogP contribution in [0.2, 0.25) is 0 Å². The van der Waals surface area contributed by atoms with Crippen molar-refractivity contribution >= 4 is 22.1 Å². The van der Waals surface area contributed by atoms with E-state index in [0.717, 1.165) is 51.0 Å². The van der Waals surface area contributed by atoms with Crippen LogP contribution in [0.3, 0.4) is 0 Å². The van der Waals surface area contributed by atoms with Gasteiger partial charge in [-0.15, -0.1) is 53.6 Å². The second kappa shape index (κ2) is 15.1. The first-order valence-electron chi connectivity index (χ1n) is 16.6. The molecule has 5 heteroatoms. The molecule has 0 atom stereocenters. The van der Waals surface area contributed by atoms with Crippen LogP contribution in [0, 0.1) is 46.8 Å². The van der Waals surface area contributed by atoms with Crippen LogP contribution in [-0.2, 0) is 26.5 Å². The van der Waals surface area contributed by atoms with Gasteiger partial charge < -0.3 is 14.4 Å². The van der Waals surface area contributed by atoms with Gasteiger partial charge in [-0.3, -0.25) is 0 Å². The van der Waals surface area contributed by atoms with Crippen LogP contribution in [0.4, 0.5) is 0 Å². The number of rotatable bonds is 5. The Hall–Kier alpha value is -5.22. The predicted molar refractivity (Wildman–Crippen MR) is 200 cm³/mol. The van der Waals surface area contributed by atoms with Gasteiger partial charge in [0.25, 0.3) is 0 Å². The number of benzene rings is 4. The molecule has 0 aliphatic rings. The van der Waals surface area contributed by atoms with Crippen molar-refractivity contribution in [2.75, 3.05) is 0 Å². The molecule has 0 saturated heterocycles. The third kappa shape index (κ3) is 7.35. The minimum absolute atomic E-state index is 0. The quantitative estimate of drug-likeness (QED) is 0.162. The Balaban J connectivity index is 0.000000177. The molecule has 4 aromatic heterocycles. The van der Waals surface area contributed by atoms with Crippen LogP contribution in [0.1, 0.15) is 39.1 Å². The van der Waals surface area contributed by atoms with Crippen molar-refractivity contribution < 1.29 is 24.5 Å². The van der Waals surface area contributed by atoms with Crippen LogP contribution in [-0.4, -0.2) is 15.0 Å². The topological polar surface area (TPSA) is 51.8 Å². The van der Waals surface area contributed by atoms with E-state index in [1.165, 1.54) is 44.5 Å². The maximum absolute atomic E-state index is 6.20. The fourth-order valence-corrected chi connectivity index (χ4v) is 6.01. The van der Waals surface area contributed by atoms with Crippen LogP contribution in [0.25, 0.3) is 55.7 Å². The minimum atomic E-state index is 0. The summed E-state index contributed by atoms with van der Waals surface area (Å²) in [5.74, 6) is 0. The largest absolute Gasteiger partial charge is 0.486 e. The number of aromatic nitrogens is 3. The average Bonchev–Trinajstić information content (AvgIpc) is 3.49. The second-order valence-corrected chi connectivity index (χ2v) is 12.6. The number of aryl methyl sites for hydroxylation is 5. The SMILES string of the molecule is Cc1c[c-]c(-c2cc(-c3ccccc3C)c(C)cn2)cc1.Cc1cnc(-c2[c-]ccc3c2oc2nc(Cc4ccccc4)ccc23)cc1C.[Ir]. The van der Waals surface area contributed by atoms with Crippen LogP contribution in [0.5, 0.6) is 0 Å². The zero-order valence-corrected chi connectivity index (χ0v) is 31.2. The van der Waals surface area contributed by atoms with Crippen LogP contribution < -0.4 is 0 Å². The van der Waals surface area contributed by atoms with E-state index in [4.69, 9.17) is 9.40 Å². The van der Waals surface area contributed by atoms with E-state index < -0.39 is 0 Å². The fourth-order valence-electron chi connectivity index (χ4n) is 6.01. The maximum atomic E-state index is 6.20. The molecule has 8 rings (SSSR count). The first-order valence-corrected chi connectivity index (χ1v) is 16.6. The van der Waals surface area contributed by atoms with Crippen molar-refractivity contribution in [2.24, 2.45) is 0 Å². The molecule has 0 spiro atoms. The molecule has 1 radical (unpaired) electrons. The third-order valence-electron chi connectivity index (χ3n) is 9.00. The van der Waals surface area contributed by atoms with Crippen molar-refractivity contribution in [2.45, 2.75) is 41.0 Å². The van der Waals surface area contributed by atoms with Crippen molar-refractivity contribution in [3.63, 3.8) is 0 Å². The van der Waals surface area contributed by atoms with Crippen molar-refractivity contribution in [1.82, 2.24) is 15.0 Å². The Morgan fingerprint density at radius 2 is 1.38 bits per heavy atom. The van der Waals surface area contributed by atoms with E-state index >= 15 is 0 Å². The van der Waals surface area contributed by atoms with Gasteiger partial charge in [-0.2, -0.15) is 0 Å². The molecule has 4 aromatic carbocycles. The molecular formula is C45H37IrN3O-2. The van der Waals surface area contributed by atoms with Gasteiger partial charge in [0.2, 0.25) is 5.71 Å². The van der Waals surface area contributed by atoms with Crippen molar-refractivity contribution in [1.29, 1.82) is 0 Å². The predicted octanol–water partition coefficient (Wildman–Crippen LogP) is 11.2. The van der Waals surface area contributed by atoms with Gasteiger partial charge in [0, 0.05) is 50.0 Å². The van der Waals surface area contributed by atoms with E-state index in [1.807, 2.05) is 48.8 Å². The van der Waals surface area contributed by atoms with Gasteiger partial charge in [0.05, 0.1) is 5.58 Å². The van der Waals surface area contributed by atoms with Crippen LogP contribution >= 0.6 is 0 Å². The molecule has 0 N–H and O–H groups in total. The summed E-state index contributed by atoms with van der Waals surface area (Å²) < 4.78 is 6.20. The standard InChI is InChI=1S/C25H19N2O.C20H18N.Ir/c1-16-13-23(26-15-17(16)2)22-10-6-9-20-21-12-11-19(27-25(21)28-24(20)22)14-18-7-4-3-5-8-18;1-14-8-10-17(11-9-14)20-12-19(16(3)13-21-20)18-7-5-4-6-15(18)2;/h3-9,11-13,15H,14H2,1-2H3;4-10,12-13H,1-3H3;/q2*-1;. The first kappa shape index (κ1) is 34.6. The molecule has 0 aliphatic carbocycles. The maximum Gasteiger partial charge on any atom is 0.216 e. The summed E-state index contributed by atoms with van der Waals surface area (Å²) in [4.78, 5) is 13.9. The summed E-state index contributed by atoms with van der Waals surface area (Å²) in [7, 11) is 0. The van der Waals surface area contributed by atoms with Crippen molar-refractivity contribution in [3.8, 4) is 33.6 Å². The van der Waals surface area contributed by atoms with E-state index in [-0.39, 0.29) is 20.1 Å². The summed E-state index contributed by atoms with van der Waals surface area (Å²) in [6.07, 6.45) is 4.63. The molecule has 50 heavy (non-hydrogen) atoms. The average molecular weight is 828 g/mol. The molecule has 0 amide bonds. The van der Waals surface area contributed by atoms with Crippen LogP contribution in [0.15, 0.2) is 126 Å². The molecule has 0 saturated carbocycles. The summed E-state index contributed by atoms with van der Waals surface area (Å²) in [5.41, 5.74) is 16.0. The third-order valence-corrected chi connectivity index (χ3v) is 9.00. The molecule has 0 fully saturated rings. The molecule has 249 valence electrons. The fraction of sp³-hybridized carbons (Fsp3) is 0.133. The van der Waals surface area contributed by atoms with Crippen molar-refractivity contribution in [3.05, 3.63) is 173 Å². The number of pyridine rings is 3. The zero-order valence-electron chi connectivity index (χ0n) is 28.8. The van der Waals surface area contributed by atoms with Gasteiger partial charge in [0.15, 0.2) is 0 Å². The molecule has 8 aromatic rings. The van der Waals surface area contributed by atoms with E-state index in [2.05, 4.69) is 130 Å². The zero-order chi connectivity index (χ0) is 33.9. The summed E-state index contributed by atoms with van der Waals surface area (Å²) in [6, 6.07) is 44.0. The molecule has 0 unspecified atom stereocenters. The van der Waals surface area contributed by atoms with Gasteiger partial charge in [-0.25, -0.2) is 4.98 Å². The summed E-state index contributed by atoms with van der Waals surface area (Å²) in [6.45, 7) is 10.5. The number of hydrogen-bond donors (Lipinski definition) is 0. The number of nitrogens with zero attached hydrogens (tertiary/aromatic N) is 3. The molecular weight excluding hydrogens is 791 g/mol. The summed E-state index contributed by atoms with van der Waals surface area (Å²) >= 11 is 0. The molecule has 0 bridgehead atoms. The van der Waals surface area contributed by atoms with E-state index in [0.29, 0.717) is 5.71 Å². The second-order valence-electron chi connectivity index (χ2n) is 12.6. The number of hydrogen-bond acceptors (Lipinski definition) is 4. The molecule has 4 nitrogen and oxygen atoms in total. The van der Waals surface area contributed by atoms with E-state index in [1.54, 1.807) is 0 Å². The Morgan fingerprint density at radius 1 is 0.620 bits per heavy atom. The Kier molecular flexibility index (Phi) is 10.5. The first-order chi connectivity index (χ1) is 23.8. The number of fused-ring (bicyclic) bond motifs is 3. The Labute approximate surface area is 307 Å². The minimum Gasteiger partial charge on any atom is -0.486 e. The number of furan rings is 1. The van der Waals surface area contributed by atoms with Gasteiger partial charge in [-0.1, -0.05) is 90.2 Å². The monoisotopic (exact) mass is 828 g/mol. The normalized spacial score (nSPS) is 10.8.